The summed E-state index contributed by atoms with van der Waals surface area (Å²) in [6.45, 7) is 4.59. The van der Waals surface area contributed by atoms with Gasteiger partial charge in [0.05, 0.1) is 7.11 Å². The molecule has 3 rings (SSSR count). The van der Waals surface area contributed by atoms with Gasteiger partial charge in [-0.25, -0.2) is 4.98 Å². The van der Waals surface area contributed by atoms with Crippen LogP contribution in [-0.2, 0) is 0 Å². The van der Waals surface area contributed by atoms with E-state index in [2.05, 4.69) is 33.4 Å². The molecule has 108 valence electrons. The highest BCUT2D eigenvalue weighted by molar-refractivity contribution is 7.71. The quantitative estimate of drug-likeness (QED) is 0.880. The summed E-state index contributed by atoms with van der Waals surface area (Å²) in [7, 11) is 1.61. The fraction of sp³-hybridized carbons (Fsp3) is 0.643. The van der Waals surface area contributed by atoms with Crippen LogP contribution in [0.25, 0.3) is 11.2 Å². The second kappa shape index (κ2) is 5.16. The van der Waals surface area contributed by atoms with E-state index in [1.807, 2.05) is 0 Å². The molecule has 0 aromatic carbocycles. The van der Waals surface area contributed by atoms with Gasteiger partial charge in [-0.15, -0.1) is 0 Å². The van der Waals surface area contributed by atoms with Gasteiger partial charge in [0.15, 0.2) is 10.4 Å². The molecule has 1 aliphatic carbocycles. The first-order valence-corrected chi connectivity index (χ1v) is 7.57. The summed E-state index contributed by atoms with van der Waals surface area (Å²) in [6.07, 6.45) is 5.19. The molecule has 1 fully saturated rings. The molecule has 0 aliphatic heterocycles. The molecule has 5 nitrogen and oxygen atoms in total. The van der Waals surface area contributed by atoms with E-state index in [0.29, 0.717) is 22.6 Å². The number of methoxy groups -OCH3 is 1. The summed E-state index contributed by atoms with van der Waals surface area (Å²) in [6, 6.07) is 0.417. The Bertz CT molecular complexity index is 677. The first-order valence-electron chi connectivity index (χ1n) is 7.16. The number of ether oxygens (including phenoxy) is 1. The Morgan fingerprint density at radius 2 is 2.25 bits per heavy atom. The maximum atomic E-state index is 5.51. The number of H-pyrrole nitrogens is 1. The number of imidazole rings is 1. The molecule has 0 saturated heterocycles. The van der Waals surface area contributed by atoms with Crippen LogP contribution in [0.15, 0.2) is 6.33 Å². The third-order valence-electron chi connectivity index (χ3n) is 4.70. The van der Waals surface area contributed by atoms with E-state index in [9.17, 15) is 0 Å². The summed E-state index contributed by atoms with van der Waals surface area (Å²) >= 11 is 5.51. The number of nitrogens with zero attached hydrogens (tertiary/aromatic N) is 3. The van der Waals surface area contributed by atoms with Crippen LogP contribution >= 0.6 is 12.2 Å². The smallest absolute Gasteiger partial charge is 0.242 e. The molecule has 1 N–H and O–H groups in total. The topological polar surface area (TPSA) is 55.7 Å². The largest absolute Gasteiger partial charge is 0.479 e. The number of hydrogen-bond donors (Lipinski definition) is 1. The third-order valence-corrected chi connectivity index (χ3v) is 5.00. The summed E-state index contributed by atoms with van der Waals surface area (Å²) in [5, 5.41) is 0. The van der Waals surface area contributed by atoms with Crippen molar-refractivity contribution >= 4 is 23.4 Å². The Morgan fingerprint density at radius 1 is 1.45 bits per heavy atom. The molecule has 3 atom stereocenters. The number of rotatable bonds is 3. The van der Waals surface area contributed by atoms with Crippen molar-refractivity contribution in [1.29, 1.82) is 0 Å². The highest BCUT2D eigenvalue weighted by Crippen LogP contribution is 2.43. The average molecular weight is 292 g/mol. The number of nitrogens with one attached hydrogen (secondary N) is 1. The minimum absolute atomic E-state index is 0.417. The molecule has 0 amide bonds. The molecule has 6 heteroatoms. The second-order valence-corrected chi connectivity index (χ2v) is 5.94. The molecule has 2 heterocycles. The lowest BCUT2D eigenvalue weighted by molar-refractivity contribution is 0.331. The maximum absolute atomic E-state index is 5.51. The van der Waals surface area contributed by atoms with Crippen LogP contribution in [-0.4, -0.2) is 26.6 Å². The molecular formula is C14H20N4OS. The third kappa shape index (κ3) is 1.93. The molecule has 2 aromatic heterocycles. The molecule has 1 saturated carbocycles. The lowest BCUT2D eigenvalue weighted by atomic mass is 9.93. The Hall–Kier alpha value is -1.43. The highest BCUT2D eigenvalue weighted by Gasteiger charge is 2.34. The van der Waals surface area contributed by atoms with Gasteiger partial charge in [-0.3, -0.25) is 4.57 Å². The number of aromatic amines is 1. The summed E-state index contributed by atoms with van der Waals surface area (Å²) < 4.78 is 8.16. The molecule has 0 bridgehead atoms. The van der Waals surface area contributed by atoms with E-state index in [0.717, 1.165) is 23.5 Å². The van der Waals surface area contributed by atoms with Crippen molar-refractivity contribution in [2.24, 2.45) is 11.8 Å². The Balaban J connectivity index is 2.13. The van der Waals surface area contributed by atoms with Crippen molar-refractivity contribution in [2.75, 3.05) is 7.11 Å². The van der Waals surface area contributed by atoms with Crippen LogP contribution in [0.4, 0.5) is 0 Å². The second-order valence-electron chi connectivity index (χ2n) is 5.55. The zero-order valence-electron chi connectivity index (χ0n) is 12.1. The fourth-order valence-corrected chi connectivity index (χ4v) is 3.87. The lowest BCUT2D eigenvalue weighted by Gasteiger charge is -2.21. The number of hydrogen-bond acceptors (Lipinski definition) is 4. The average Bonchev–Trinajstić information content (AvgIpc) is 2.97. The minimum Gasteiger partial charge on any atom is -0.479 e. The summed E-state index contributed by atoms with van der Waals surface area (Å²) in [5.41, 5.74) is 1.66. The molecule has 2 aromatic rings. The van der Waals surface area contributed by atoms with Gasteiger partial charge >= 0.3 is 0 Å². The van der Waals surface area contributed by atoms with Gasteiger partial charge in [0, 0.05) is 6.04 Å². The molecule has 0 radical (unpaired) electrons. The monoisotopic (exact) mass is 292 g/mol. The Labute approximate surface area is 123 Å². The number of fused-ring (bicyclic) bond motifs is 1. The molecular weight excluding hydrogens is 272 g/mol. The van der Waals surface area contributed by atoms with Gasteiger partial charge in [0.1, 0.15) is 11.8 Å². The van der Waals surface area contributed by atoms with E-state index in [-0.39, 0.29) is 0 Å². The van der Waals surface area contributed by atoms with Crippen molar-refractivity contribution in [3.63, 3.8) is 0 Å². The normalized spacial score (nSPS) is 26.2. The first-order chi connectivity index (χ1) is 9.67. The van der Waals surface area contributed by atoms with E-state index in [1.54, 1.807) is 7.11 Å². The standard InChI is InChI=1S/C14H20N4OS/c1-4-9-5-6-10(8(9)2)18-12-11(17-14(18)20)13(19-3)16-7-15-12/h7-10H,4-6H2,1-3H3,(H,17,20). The van der Waals surface area contributed by atoms with Crippen LogP contribution in [0.3, 0.4) is 0 Å². The molecule has 1 aliphatic rings. The molecule has 3 unspecified atom stereocenters. The van der Waals surface area contributed by atoms with Gasteiger partial charge in [0.25, 0.3) is 0 Å². The minimum atomic E-state index is 0.417. The highest BCUT2D eigenvalue weighted by atomic mass is 32.1. The predicted molar refractivity (Wildman–Crippen MR) is 80.5 cm³/mol. The van der Waals surface area contributed by atoms with Crippen LogP contribution in [0, 0.1) is 16.6 Å². The lowest BCUT2D eigenvalue weighted by Crippen LogP contribution is -2.16. The molecule has 0 spiro atoms. The van der Waals surface area contributed by atoms with Crippen molar-refractivity contribution in [1.82, 2.24) is 19.5 Å². The van der Waals surface area contributed by atoms with Crippen molar-refractivity contribution in [3.05, 3.63) is 11.1 Å². The molecule has 20 heavy (non-hydrogen) atoms. The van der Waals surface area contributed by atoms with Crippen molar-refractivity contribution in [2.45, 2.75) is 39.2 Å². The maximum Gasteiger partial charge on any atom is 0.242 e. The Morgan fingerprint density at radius 3 is 2.90 bits per heavy atom. The predicted octanol–water partition coefficient (Wildman–Crippen LogP) is 3.49. The summed E-state index contributed by atoms with van der Waals surface area (Å²) in [4.78, 5) is 11.8. The van der Waals surface area contributed by atoms with Gasteiger partial charge in [-0.2, -0.15) is 4.98 Å². The van der Waals surface area contributed by atoms with E-state index < -0.39 is 0 Å². The van der Waals surface area contributed by atoms with E-state index in [1.165, 1.54) is 19.2 Å². The van der Waals surface area contributed by atoms with Gasteiger partial charge < -0.3 is 9.72 Å². The van der Waals surface area contributed by atoms with Crippen LogP contribution in [0.2, 0.25) is 0 Å². The van der Waals surface area contributed by atoms with Gasteiger partial charge in [-0.05, 0) is 36.9 Å². The fourth-order valence-electron chi connectivity index (χ4n) is 3.54. The van der Waals surface area contributed by atoms with Crippen molar-refractivity contribution < 1.29 is 4.74 Å². The first kappa shape index (κ1) is 13.5. The van der Waals surface area contributed by atoms with E-state index >= 15 is 0 Å². The van der Waals surface area contributed by atoms with Crippen LogP contribution in [0.1, 0.15) is 39.2 Å². The zero-order valence-corrected chi connectivity index (χ0v) is 12.9. The van der Waals surface area contributed by atoms with Crippen LogP contribution < -0.4 is 4.74 Å². The summed E-state index contributed by atoms with van der Waals surface area (Å²) in [5.74, 6) is 1.94. The number of aromatic nitrogens is 4. The van der Waals surface area contributed by atoms with Crippen LogP contribution in [0.5, 0.6) is 5.88 Å². The van der Waals surface area contributed by atoms with Gasteiger partial charge in [0.2, 0.25) is 5.88 Å². The Kier molecular flexibility index (Phi) is 3.50. The van der Waals surface area contributed by atoms with Gasteiger partial charge in [-0.1, -0.05) is 20.3 Å². The SMILES string of the molecule is CCC1CCC(n2c(=S)[nH]c3c(OC)ncnc32)C1C. The van der Waals surface area contributed by atoms with Crippen molar-refractivity contribution in [3.8, 4) is 5.88 Å². The zero-order chi connectivity index (χ0) is 14.3. The van der Waals surface area contributed by atoms with E-state index in [4.69, 9.17) is 17.0 Å².